The molecule has 2 aromatic rings. The van der Waals surface area contributed by atoms with Gasteiger partial charge in [0.05, 0.1) is 0 Å². The van der Waals surface area contributed by atoms with Gasteiger partial charge in [0.25, 0.3) is 11.8 Å². The summed E-state index contributed by atoms with van der Waals surface area (Å²) in [6, 6.07) is 19.9. The van der Waals surface area contributed by atoms with E-state index in [0.29, 0.717) is 12.8 Å². The lowest BCUT2D eigenvalue weighted by atomic mass is 9.59. The van der Waals surface area contributed by atoms with E-state index in [1.807, 2.05) is 12.1 Å². The standard InChI is InChI=1S/C44H64N6O4/c1-11-39(7)29-43(31(5)41(9,13-3)49(39)27-33-21-17-15-18-22-33)35(51)47(37(53)45-43)25-26-48-36(52)44(46-38(48)54)30-40(8,12-2)50(42(10,14-4)32(44)6)28-34-23-19-16-20-24-34/h15-24,31-32H,11-14,25-30H2,1-10H3,(H,45,53)(H,46,54). The van der Waals surface area contributed by atoms with Crippen LogP contribution in [0.5, 0.6) is 0 Å². The lowest BCUT2D eigenvalue weighted by Crippen LogP contribution is -2.75. The first-order valence-electron chi connectivity index (χ1n) is 20.4. The minimum Gasteiger partial charge on any atom is -0.323 e. The number of carbonyl (C=O) groups is 4. The summed E-state index contributed by atoms with van der Waals surface area (Å²) in [6.07, 6.45) is 4.11. The van der Waals surface area contributed by atoms with Crippen LogP contribution in [0.2, 0.25) is 0 Å². The number of likely N-dealkylation sites (tertiary alicyclic amines) is 2. The molecule has 2 N–H and O–H groups in total. The van der Waals surface area contributed by atoms with Crippen LogP contribution in [0.3, 0.4) is 0 Å². The first-order chi connectivity index (χ1) is 25.4. The molecule has 8 unspecified atom stereocenters. The smallest absolute Gasteiger partial charge is 0.323 e. The Bertz CT molecular complexity index is 1630. The molecule has 0 aromatic heterocycles. The number of benzene rings is 2. The highest BCUT2D eigenvalue weighted by Crippen LogP contribution is 2.54. The normalized spacial score (nSPS) is 37.4. The van der Waals surface area contributed by atoms with Crippen LogP contribution in [0.25, 0.3) is 0 Å². The van der Waals surface area contributed by atoms with E-state index in [4.69, 9.17) is 0 Å². The molecule has 6 rings (SSSR count). The predicted molar refractivity (Wildman–Crippen MR) is 212 cm³/mol. The summed E-state index contributed by atoms with van der Waals surface area (Å²) in [5.74, 6) is -0.944. The van der Waals surface area contributed by atoms with Gasteiger partial charge in [-0.15, -0.1) is 0 Å². The Kier molecular flexibility index (Phi) is 10.4. The summed E-state index contributed by atoms with van der Waals surface area (Å²) in [6.45, 7) is 23.1. The highest BCUT2D eigenvalue weighted by atomic mass is 16.2. The molecular weight excluding hydrogens is 677 g/mol. The minimum absolute atomic E-state index is 0.0572. The number of nitrogens with one attached hydrogen (secondary N) is 2. The number of nitrogens with zero attached hydrogens (tertiary/aromatic N) is 4. The summed E-state index contributed by atoms with van der Waals surface area (Å²) in [5.41, 5.74) is -1.36. The second-order valence-electron chi connectivity index (χ2n) is 17.8. The number of amides is 6. The van der Waals surface area contributed by atoms with Crippen molar-refractivity contribution in [2.24, 2.45) is 11.8 Å². The zero-order chi connectivity index (χ0) is 39.5. The van der Waals surface area contributed by atoms with Gasteiger partial charge in [0.1, 0.15) is 11.1 Å². The van der Waals surface area contributed by atoms with E-state index < -0.39 is 34.2 Å². The summed E-state index contributed by atoms with van der Waals surface area (Å²) in [4.78, 5) is 64.9. The van der Waals surface area contributed by atoms with E-state index in [-0.39, 0.29) is 47.8 Å². The summed E-state index contributed by atoms with van der Waals surface area (Å²) >= 11 is 0. The van der Waals surface area contributed by atoms with Gasteiger partial charge in [-0.25, -0.2) is 9.59 Å². The van der Waals surface area contributed by atoms with Crippen LogP contribution in [0, 0.1) is 11.8 Å². The fraction of sp³-hybridized carbons (Fsp3) is 0.636. The van der Waals surface area contributed by atoms with E-state index in [0.717, 1.165) is 38.8 Å². The predicted octanol–water partition coefficient (Wildman–Crippen LogP) is 7.33. The molecule has 4 aliphatic heterocycles. The Hall–Kier alpha value is -3.76. The quantitative estimate of drug-likeness (QED) is 0.234. The number of imide groups is 2. The van der Waals surface area contributed by atoms with Crippen LogP contribution in [-0.4, -0.2) is 89.8 Å². The van der Waals surface area contributed by atoms with Gasteiger partial charge in [-0.1, -0.05) is 102 Å². The van der Waals surface area contributed by atoms with Crippen LogP contribution < -0.4 is 10.6 Å². The monoisotopic (exact) mass is 740 g/mol. The summed E-state index contributed by atoms with van der Waals surface area (Å²) in [5, 5.41) is 6.41. The number of hydrogen-bond acceptors (Lipinski definition) is 6. The molecular formula is C44H64N6O4. The average Bonchev–Trinajstić information content (AvgIpc) is 3.55. The molecule has 4 heterocycles. The maximum Gasteiger partial charge on any atom is 0.325 e. The molecule has 10 nitrogen and oxygen atoms in total. The Labute approximate surface area is 323 Å². The number of piperidine rings is 2. The van der Waals surface area contributed by atoms with Gasteiger partial charge in [-0.05, 0) is 77.3 Å². The Morgan fingerprint density at radius 2 is 0.889 bits per heavy atom. The Morgan fingerprint density at radius 3 is 1.19 bits per heavy atom. The van der Waals surface area contributed by atoms with Gasteiger partial charge >= 0.3 is 12.1 Å². The molecule has 2 aromatic carbocycles. The molecule has 294 valence electrons. The van der Waals surface area contributed by atoms with Crippen molar-refractivity contribution < 1.29 is 19.2 Å². The highest BCUT2D eigenvalue weighted by molar-refractivity contribution is 6.09. The molecule has 0 radical (unpaired) electrons. The van der Waals surface area contributed by atoms with Gasteiger partial charge in [-0.3, -0.25) is 29.2 Å². The fourth-order valence-corrected chi connectivity index (χ4v) is 11.1. The molecule has 4 aliphatic rings. The first kappa shape index (κ1) is 39.9. The number of hydrogen-bond donors (Lipinski definition) is 2. The molecule has 0 saturated carbocycles. The van der Waals surface area contributed by atoms with Gasteiger partial charge in [-0.2, -0.15) is 0 Å². The van der Waals surface area contributed by atoms with Crippen LogP contribution in [0.4, 0.5) is 9.59 Å². The van der Waals surface area contributed by atoms with Gasteiger partial charge in [0, 0.05) is 60.2 Å². The number of carbonyl (C=O) groups excluding carboxylic acids is 4. The third-order valence-electron chi connectivity index (χ3n) is 15.5. The number of rotatable bonds is 11. The molecule has 0 aliphatic carbocycles. The van der Waals surface area contributed by atoms with E-state index in [9.17, 15) is 19.2 Å². The molecule has 8 atom stereocenters. The third kappa shape index (κ3) is 5.89. The lowest BCUT2D eigenvalue weighted by molar-refractivity contribution is -0.158. The SMILES string of the molecule is CCC1(C)CC2(NC(=O)N(CCN3C(=O)NC4(CC(C)(CC)N(Cc5ccccc5)C(C)(CC)C4C)C3=O)C2=O)C(C)C(C)(CC)N1Cc1ccccc1. The van der Waals surface area contributed by atoms with Gasteiger partial charge in [0.2, 0.25) is 0 Å². The van der Waals surface area contributed by atoms with Gasteiger partial charge < -0.3 is 10.6 Å². The second kappa shape index (κ2) is 14.1. The summed E-state index contributed by atoms with van der Waals surface area (Å²) in [7, 11) is 0. The maximum absolute atomic E-state index is 14.7. The molecule has 2 spiro atoms. The zero-order valence-electron chi connectivity index (χ0n) is 34.4. The van der Waals surface area contributed by atoms with Crippen molar-refractivity contribution in [2.75, 3.05) is 13.1 Å². The molecule has 54 heavy (non-hydrogen) atoms. The summed E-state index contributed by atoms with van der Waals surface area (Å²) < 4.78 is 0. The average molecular weight is 741 g/mol. The zero-order valence-corrected chi connectivity index (χ0v) is 34.4. The minimum atomic E-state index is -1.11. The lowest BCUT2D eigenvalue weighted by Gasteiger charge is -2.63. The van der Waals surface area contributed by atoms with Crippen LogP contribution in [0.1, 0.15) is 119 Å². The van der Waals surface area contributed by atoms with Crippen molar-refractivity contribution in [2.45, 2.75) is 154 Å². The Morgan fingerprint density at radius 1 is 0.556 bits per heavy atom. The largest absolute Gasteiger partial charge is 0.325 e. The van der Waals surface area contributed by atoms with Crippen molar-refractivity contribution in [3.8, 4) is 0 Å². The van der Waals surface area contributed by atoms with E-state index >= 15 is 0 Å². The van der Waals surface area contributed by atoms with Crippen molar-refractivity contribution in [3.05, 3.63) is 71.8 Å². The Balaban J connectivity index is 1.24. The fourth-order valence-electron chi connectivity index (χ4n) is 11.1. The van der Waals surface area contributed by atoms with Crippen molar-refractivity contribution >= 4 is 23.9 Å². The third-order valence-corrected chi connectivity index (χ3v) is 15.5. The molecule has 6 amide bonds. The molecule has 0 bridgehead atoms. The van der Waals surface area contributed by atoms with Crippen molar-refractivity contribution in [1.82, 2.24) is 30.2 Å². The maximum atomic E-state index is 14.7. The van der Waals surface area contributed by atoms with Crippen molar-refractivity contribution in [3.63, 3.8) is 0 Å². The molecule has 10 heteroatoms. The second-order valence-corrected chi connectivity index (χ2v) is 17.8. The van der Waals surface area contributed by atoms with Gasteiger partial charge in [0.15, 0.2) is 0 Å². The van der Waals surface area contributed by atoms with E-state index in [2.05, 4.69) is 138 Å². The first-order valence-corrected chi connectivity index (χ1v) is 20.4. The molecule has 4 fully saturated rings. The van der Waals surface area contributed by atoms with Crippen LogP contribution in [-0.2, 0) is 22.7 Å². The number of urea groups is 2. The molecule has 4 saturated heterocycles. The van der Waals surface area contributed by atoms with E-state index in [1.165, 1.54) is 20.9 Å². The van der Waals surface area contributed by atoms with Crippen LogP contribution in [0.15, 0.2) is 60.7 Å². The highest BCUT2D eigenvalue weighted by Gasteiger charge is 2.68. The van der Waals surface area contributed by atoms with E-state index in [1.54, 1.807) is 0 Å². The van der Waals surface area contributed by atoms with Crippen LogP contribution >= 0.6 is 0 Å². The van der Waals surface area contributed by atoms with Crippen molar-refractivity contribution in [1.29, 1.82) is 0 Å². The topological polar surface area (TPSA) is 105 Å².